The molecule has 2 aromatic rings. The molecule has 0 bridgehead atoms. The molecule has 0 saturated carbocycles. The highest BCUT2D eigenvalue weighted by molar-refractivity contribution is 7.89. The number of nitrogens with one attached hydrogen (secondary N) is 1. The van der Waals surface area contributed by atoms with Gasteiger partial charge in [0.05, 0.1) is 37.4 Å². The number of carbonyl (C=O) groups is 1. The fourth-order valence-electron chi connectivity index (χ4n) is 3.99. The zero-order valence-corrected chi connectivity index (χ0v) is 25.8. The first-order valence-electron chi connectivity index (χ1n) is 13.2. The lowest BCUT2D eigenvalue weighted by molar-refractivity contribution is 0.0980. The van der Waals surface area contributed by atoms with Gasteiger partial charge in [0.25, 0.3) is 0 Å². The van der Waals surface area contributed by atoms with Crippen molar-refractivity contribution in [2.75, 3.05) is 39.8 Å². The molecule has 41 heavy (non-hydrogen) atoms. The molecule has 0 heterocycles. The number of aliphatic hydroxyl groups is 1. The Bertz CT molecular complexity index is 1230. The normalized spacial score (nSPS) is 13.7. The number of carboxylic acid groups (broad SMARTS) is 1. The van der Waals surface area contributed by atoms with Crippen LogP contribution in [0.15, 0.2) is 53.4 Å². The van der Waals surface area contributed by atoms with E-state index in [4.69, 9.17) is 18.5 Å². The molecule has 0 spiro atoms. The van der Waals surface area contributed by atoms with E-state index in [1.807, 2.05) is 13.8 Å². The van der Waals surface area contributed by atoms with Gasteiger partial charge in [-0.05, 0) is 68.1 Å². The number of benzene rings is 2. The van der Waals surface area contributed by atoms with Crippen LogP contribution in [0.1, 0.15) is 33.3 Å². The summed E-state index contributed by atoms with van der Waals surface area (Å²) >= 11 is 0. The Hall–Kier alpha value is -2.67. The van der Waals surface area contributed by atoms with E-state index in [2.05, 4.69) is 5.32 Å². The van der Waals surface area contributed by atoms with E-state index in [-0.39, 0.29) is 49.9 Å². The molecular weight excluding hydrogens is 575 g/mol. The molecule has 0 saturated heterocycles. The van der Waals surface area contributed by atoms with Crippen LogP contribution in [0.25, 0.3) is 0 Å². The Morgan fingerprint density at radius 2 is 1.54 bits per heavy atom. The maximum absolute atomic E-state index is 13.4. The predicted molar refractivity (Wildman–Crippen MR) is 154 cm³/mol. The van der Waals surface area contributed by atoms with Gasteiger partial charge < -0.3 is 34.1 Å². The molecule has 0 radical (unpaired) electrons. The minimum absolute atomic E-state index is 0.0303. The molecule has 0 aliphatic rings. The highest BCUT2D eigenvalue weighted by Crippen LogP contribution is 2.47. The van der Waals surface area contributed by atoms with Crippen LogP contribution in [-0.2, 0) is 30.1 Å². The zero-order valence-electron chi connectivity index (χ0n) is 24.1. The second-order valence-corrected chi connectivity index (χ2v) is 13.5. The zero-order chi connectivity index (χ0) is 30.6. The highest BCUT2D eigenvalue weighted by Gasteiger charge is 2.31. The number of hydrogen-bond acceptors (Lipinski definition) is 9. The number of methoxy groups -OCH3 is 1. The van der Waals surface area contributed by atoms with Gasteiger partial charge >= 0.3 is 13.7 Å². The fraction of sp³-hybridized carbons (Fsp3) is 0.519. The van der Waals surface area contributed by atoms with Crippen molar-refractivity contribution in [3.05, 3.63) is 54.1 Å². The van der Waals surface area contributed by atoms with Gasteiger partial charge in [-0.1, -0.05) is 26.0 Å². The second-order valence-electron chi connectivity index (χ2n) is 9.58. The van der Waals surface area contributed by atoms with Gasteiger partial charge in [0, 0.05) is 13.1 Å². The number of rotatable bonds is 18. The molecule has 1 amide bonds. The van der Waals surface area contributed by atoms with Gasteiger partial charge in [-0.3, -0.25) is 4.57 Å². The second kappa shape index (κ2) is 16.1. The molecule has 0 aliphatic carbocycles. The van der Waals surface area contributed by atoms with Crippen LogP contribution in [-0.4, -0.2) is 80.9 Å². The number of hydrogen-bond donors (Lipinski definition) is 3. The van der Waals surface area contributed by atoms with E-state index in [1.54, 1.807) is 38.1 Å². The largest absolute Gasteiger partial charge is 0.497 e. The molecular formula is C27H41N2O10PS. The number of amides is 1. The summed E-state index contributed by atoms with van der Waals surface area (Å²) in [4.78, 5) is 11.6. The van der Waals surface area contributed by atoms with Crippen LogP contribution in [0.4, 0.5) is 4.79 Å². The van der Waals surface area contributed by atoms with E-state index < -0.39 is 35.9 Å². The molecule has 0 fully saturated rings. The molecule has 0 aromatic heterocycles. The number of ether oxygens (including phenoxy) is 2. The third-order valence-corrected chi connectivity index (χ3v) is 9.44. The van der Waals surface area contributed by atoms with Crippen molar-refractivity contribution in [3.63, 3.8) is 0 Å². The fourth-order valence-corrected chi connectivity index (χ4v) is 6.93. The lowest BCUT2D eigenvalue weighted by Gasteiger charge is -2.30. The Kier molecular flexibility index (Phi) is 13.6. The molecule has 2 atom stereocenters. The summed E-state index contributed by atoms with van der Waals surface area (Å²) in [5.74, 6) is 0.832. The van der Waals surface area contributed by atoms with Gasteiger partial charge in [0.15, 0.2) is 6.35 Å². The van der Waals surface area contributed by atoms with Gasteiger partial charge in [-0.15, -0.1) is 0 Å². The van der Waals surface area contributed by atoms with Crippen LogP contribution < -0.4 is 14.8 Å². The highest BCUT2D eigenvalue weighted by atomic mass is 32.2. The first-order chi connectivity index (χ1) is 19.3. The third kappa shape index (κ3) is 10.9. The van der Waals surface area contributed by atoms with E-state index in [0.29, 0.717) is 17.1 Å². The van der Waals surface area contributed by atoms with Gasteiger partial charge in [-0.25, -0.2) is 13.2 Å². The lowest BCUT2D eigenvalue weighted by Crippen LogP contribution is -2.50. The first kappa shape index (κ1) is 34.5. The summed E-state index contributed by atoms with van der Waals surface area (Å²) in [6.45, 7) is 7.29. The summed E-state index contributed by atoms with van der Waals surface area (Å²) in [5, 5.41) is 22.8. The van der Waals surface area contributed by atoms with Crippen molar-refractivity contribution in [3.8, 4) is 11.5 Å². The summed E-state index contributed by atoms with van der Waals surface area (Å²) in [7, 11) is -5.93. The summed E-state index contributed by atoms with van der Waals surface area (Å²) < 4.78 is 61.8. The van der Waals surface area contributed by atoms with Gasteiger partial charge in [0.2, 0.25) is 10.0 Å². The van der Waals surface area contributed by atoms with E-state index in [9.17, 15) is 28.0 Å². The van der Waals surface area contributed by atoms with Crippen LogP contribution in [0.5, 0.6) is 11.5 Å². The van der Waals surface area contributed by atoms with Gasteiger partial charge in [-0.2, -0.15) is 4.31 Å². The molecule has 12 nitrogen and oxygen atoms in total. The van der Waals surface area contributed by atoms with Gasteiger partial charge in [0.1, 0.15) is 11.5 Å². The van der Waals surface area contributed by atoms with Crippen LogP contribution in [0.3, 0.4) is 0 Å². The maximum Gasteiger partial charge on any atom is 0.404 e. The van der Waals surface area contributed by atoms with E-state index in [1.165, 1.54) is 31.4 Å². The minimum atomic E-state index is -4.00. The molecule has 2 aromatic carbocycles. The molecule has 2 unspecified atom stereocenters. The quantitative estimate of drug-likeness (QED) is 0.207. The molecule has 3 N–H and O–H groups in total. The summed E-state index contributed by atoms with van der Waals surface area (Å²) in [6, 6.07) is 11.5. The van der Waals surface area contributed by atoms with Crippen molar-refractivity contribution in [1.82, 2.24) is 9.62 Å². The topological polar surface area (TPSA) is 161 Å². The molecule has 0 aliphatic heterocycles. The number of nitrogens with zero attached hydrogens (tertiary/aromatic N) is 1. The monoisotopic (exact) mass is 616 g/mol. The van der Waals surface area contributed by atoms with Crippen molar-refractivity contribution in [1.29, 1.82) is 0 Å². The maximum atomic E-state index is 13.4. The standard InChI is InChI=1S/C27H41N2O10PS/c1-6-38-40(33,39-7-2)19-37-23-10-8-21(9-11-23)16-25(28-27(31)32)26(30)18-29(17-20(3)4)41(34,35)24-14-12-22(36-5)13-15-24/h8-15,20,25-26,28,30H,6-7,16-19H2,1-5H3,(H,31,32). The van der Waals surface area contributed by atoms with Crippen molar-refractivity contribution in [2.45, 2.75) is 51.2 Å². The predicted octanol–water partition coefficient (Wildman–Crippen LogP) is 4.18. The smallest absolute Gasteiger partial charge is 0.404 e. The Labute approximate surface area is 242 Å². The number of sulfonamides is 1. The minimum Gasteiger partial charge on any atom is -0.497 e. The number of aliphatic hydroxyl groups excluding tert-OH is 1. The van der Waals surface area contributed by atoms with Crippen LogP contribution >= 0.6 is 7.60 Å². The summed E-state index contributed by atoms with van der Waals surface area (Å²) in [6.07, 6.45) is -2.92. The Morgan fingerprint density at radius 1 is 0.976 bits per heavy atom. The summed E-state index contributed by atoms with van der Waals surface area (Å²) in [5.41, 5.74) is 0.654. The van der Waals surface area contributed by atoms with E-state index in [0.717, 1.165) is 4.31 Å². The lowest BCUT2D eigenvalue weighted by atomic mass is 10.0. The average molecular weight is 617 g/mol. The molecule has 2 rings (SSSR count). The van der Waals surface area contributed by atoms with E-state index >= 15 is 0 Å². The SMILES string of the molecule is CCOP(=O)(COc1ccc(CC(NC(=O)O)C(O)CN(CC(C)C)S(=O)(=O)c2ccc(OC)cc2)cc1)OCC. The Balaban J connectivity index is 2.19. The average Bonchev–Trinajstić information content (AvgIpc) is 2.91. The third-order valence-electron chi connectivity index (χ3n) is 5.85. The molecule has 14 heteroatoms. The van der Waals surface area contributed by atoms with Crippen molar-refractivity contribution in [2.24, 2.45) is 5.92 Å². The van der Waals surface area contributed by atoms with Crippen LogP contribution in [0, 0.1) is 5.92 Å². The molecule has 230 valence electrons. The Morgan fingerprint density at radius 3 is 2.02 bits per heavy atom. The van der Waals surface area contributed by atoms with Crippen molar-refractivity contribution < 1.29 is 46.5 Å². The van der Waals surface area contributed by atoms with Crippen molar-refractivity contribution >= 4 is 23.7 Å². The van der Waals surface area contributed by atoms with Crippen LogP contribution in [0.2, 0.25) is 0 Å². The first-order valence-corrected chi connectivity index (χ1v) is 16.4.